The molecule has 1 heterocycles. The fraction of sp³-hybridized carbons (Fsp3) is 0.0370. The van der Waals surface area contributed by atoms with Gasteiger partial charge in [0.25, 0.3) is 0 Å². The molecule has 0 fully saturated rings. The summed E-state index contributed by atoms with van der Waals surface area (Å²) in [7, 11) is 0. The van der Waals surface area contributed by atoms with Crippen LogP contribution < -0.4 is 0 Å². The third-order valence-electron chi connectivity index (χ3n) is 12.1. The van der Waals surface area contributed by atoms with E-state index in [1.807, 2.05) is 12.1 Å². The molecule has 0 bridgehead atoms. The van der Waals surface area contributed by atoms with Crippen molar-refractivity contribution in [1.82, 2.24) is 9.97 Å². The van der Waals surface area contributed by atoms with Crippen molar-refractivity contribution in [1.29, 1.82) is 0 Å². The van der Waals surface area contributed by atoms with Gasteiger partial charge in [0.15, 0.2) is 5.82 Å². The third kappa shape index (κ3) is 4.56. The predicted octanol–water partition coefficient (Wildman–Crippen LogP) is 12.5. The molecule has 262 valence electrons. The number of rotatable bonds is 5. The highest BCUT2D eigenvalue weighted by Gasteiger charge is 2.56. The molecule has 11 rings (SSSR count). The Kier molecular flexibility index (Phi) is 7.33. The lowest BCUT2D eigenvalue weighted by Gasteiger charge is -2.50. The summed E-state index contributed by atoms with van der Waals surface area (Å²) in [5.74, 6) is 0.701. The van der Waals surface area contributed by atoms with Crippen molar-refractivity contribution in [2.24, 2.45) is 0 Å². The minimum atomic E-state index is -0.605. The molecule has 0 radical (unpaired) electrons. The molecule has 9 aromatic rings. The fourth-order valence-electron chi connectivity index (χ4n) is 9.82. The van der Waals surface area contributed by atoms with Crippen LogP contribution in [-0.2, 0) is 10.8 Å². The molecule has 0 aliphatic heterocycles. The van der Waals surface area contributed by atoms with E-state index in [9.17, 15) is 0 Å². The lowest BCUT2D eigenvalue weighted by molar-refractivity contribution is 0.624. The van der Waals surface area contributed by atoms with E-state index in [0.717, 1.165) is 28.1 Å². The number of hydrogen-bond acceptors (Lipinski definition) is 2. The Morgan fingerprint density at radius 2 is 0.661 bits per heavy atom. The maximum atomic E-state index is 5.34. The minimum absolute atomic E-state index is 0.596. The van der Waals surface area contributed by atoms with Crippen molar-refractivity contribution in [3.05, 3.63) is 263 Å². The number of aromatic nitrogens is 2. The summed E-state index contributed by atoms with van der Waals surface area (Å²) >= 11 is 0. The second kappa shape index (κ2) is 12.7. The van der Waals surface area contributed by atoms with Gasteiger partial charge in [0.05, 0.1) is 22.2 Å². The van der Waals surface area contributed by atoms with Crippen LogP contribution in [0.5, 0.6) is 0 Å². The number of benzene rings is 8. The topological polar surface area (TPSA) is 25.8 Å². The molecule has 0 atom stereocenters. The van der Waals surface area contributed by atoms with Gasteiger partial charge in [-0.05, 0) is 67.8 Å². The van der Waals surface area contributed by atoms with Gasteiger partial charge in [0.1, 0.15) is 0 Å². The predicted molar refractivity (Wildman–Crippen MR) is 228 cm³/mol. The summed E-state index contributed by atoms with van der Waals surface area (Å²) in [5.41, 5.74) is 16.4. The van der Waals surface area contributed by atoms with Gasteiger partial charge in [-0.1, -0.05) is 206 Å². The molecule has 8 aromatic carbocycles. The lowest BCUT2D eigenvalue weighted by Crippen LogP contribution is -2.44. The standard InChI is InChI=1S/C54H36N2/c1-5-19-37(20-6-1)50-36-51(38-21-7-2-8-22-38)56-52(55-50)39-33-34-48-49(35-39)54(44-29-15-13-27-42(44)43-28-14-16-30-45(43)54)47-32-18-17-31-46(47)53(48,40-23-9-3-10-24-40)41-25-11-4-12-26-41/h1-36H. The van der Waals surface area contributed by atoms with E-state index in [-0.39, 0.29) is 0 Å². The lowest BCUT2D eigenvalue weighted by atomic mass is 9.51. The zero-order chi connectivity index (χ0) is 37.1. The Morgan fingerprint density at radius 1 is 0.268 bits per heavy atom. The van der Waals surface area contributed by atoms with Crippen LogP contribution in [0.25, 0.3) is 45.0 Å². The average molecular weight is 713 g/mol. The van der Waals surface area contributed by atoms with Crippen LogP contribution in [-0.4, -0.2) is 9.97 Å². The Hall–Kier alpha value is -7.16. The second-order valence-electron chi connectivity index (χ2n) is 14.8. The normalized spacial score (nSPS) is 14.0. The first-order valence-corrected chi connectivity index (χ1v) is 19.3. The molecule has 0 saturated carbocycles. The van der Waals surface area contributed by atoms with E-state index in [1.165, 1.54) is 55.6 Å². The maximum absolute atomic E-state index is 5.34. The first kappa shape index (κ1) is 32.3. The van der Waals surface area contributed by atoms with Crippen LogP contribution in [0.4, 0.5) is 0 Å². The SMILES string of the molecule is c1ccc(-c2cc(-c3ccccc3)nc(-c3ccc4c(c3)C3(c5ccccc5-c5ccccc53)c3ccccc3C4(c3ccccc3)c3ccccc3)n2)cc1. The molecule has 0 amide bonds. The summed E-state index contributed by atoms with van der Waals surface area (Å²) in [6.07, 6.45) is 0. The smallest absolute Gasteiger partial charge is 0.160 e. The molecule has 0 N–H and O–H groups in total. The van der Waals surface area contributed by atoms with E-state index >= 15 is 0 Å². The number of nitrogens with zero attached hydrogens (tertiary/aromatic N) is 2. The van der Waals surface area contributed by atoms with Crippen LogP contribution in [0.1, 0.15) is 44.5 Å². The van der Waals surface area contributed by atoms with Crippen LogP contribution in [0, 0.1) is 0 Å². The number of fused-ring (bicyclic) bond motifs is 9. The van der Waals surface area contributed by atoms with Crippen LogP contribution in [0.2, 0.25) is 0 Å². The monoisotopic (exact) mass is 712 g/mol. The van der Waals surface area contributed by atoms with Gasteiger partial charge in [-0.25, -0.2) is 9.97 Å². The van der Waals surface area contributed by atoms with Crippen LogP contribution in [0.3, 0.4) is 0 Å². The van der Waals surface area contributed by atoms with Gasteiger partial charge in [0.2, 0.25) is 0 Å². The highest BCUT2D eigenvalue weighted by Crippen LogP contribution is 2.64. The highest BCUT2D eigenvalue weighted by atomic mass is 14.9. The number of hydrogen-bond donors (Lipinski definition) is 0. The molecular formula is C54H36N2. The molecule has 0 saturated heterocycles. The molecule has 56 heavy (non-hydrogen) atoms. The van der Waals surface area contributed by atoms with Crippen molar-refractivity contribution in [2.75, 3.05) is 0 Å². The quantitative estimate of drug-likeness (QED) is 0.178. The summed E-state index contributed by atoms with van der Waals surface area (Å²) in [6, 6.07) is 79.4. The molecule has 1 spiro atoms. The largest absolute Gasteiger partial charge is 0.228 e. The van der Waals surface area contributed by atoms with E-state index in [0.29, 0.717) is 5.82 Å². The Morgan fingerprint density at radius 3 is 1.16 bits per heavy atom. The van der Waals surface area contributed by atoms with E-state index in [1.54, 1.807) is 0 Å². The molecule has 2 heteroatoms. The van der Waals surface area contributed by atoms with Gasteiger partial charge in [-0.3, -0.25) is 0 Å². The summed E-state index contributed by atoms with van der Waals surface area (Å²) < 4.78 is 0. The van der Waals surface area contributed by atoms with E-state index < -0.39 is 10.8 Å². The van der Waals surface area contributed by atoms with Crippen LogP contribution >= 0.6 is 0 Å². The zero-order valence-electron chi connectivity index (χ0n) is 30.7. The van der Waals surface area contributed by atoms with Crippen LogP contribution in [0.15, 0.2) is 218 Å². The van der Waals surface area contributed by atoms with Gasteiger partial charge in [0, 0.05) is 16.7 Å². The molecular weight excluding hydrogens is 677 g/mol. The van der Waals surface area contributed by atoms with Crippen molar-refractivity contribution >= 4 is 0 Å². The maximum Gasteiger partial charge on any atom is 0.160 e. The summed E-state index contributed by atoms with van der Waals surface area (Å²) in [4.78, 5) is 10.7. The second-order valence-corrected chi connectivity index (χ2v) is 14.8. The average Bonchev–Trinajstić information content (AvgIpc) is 3.58. The summed E-state index contributed by atoms with van der Waals surface area (Å²) in [6.45, 7) is 0. The van der Waals surface area contributed by atoms with Gasteiger partial charge in [-0.15, -0.1) is 0 Å². The van der Waals surface area contributed by atoms with E-state index in [2.05, 4.69) is 206 Å². The first-order chi connectivity index (χ1) is 27.8. The van der Waals surface area contributed by atoms with Crippen molar-refractivity contribution in [3.8, 4) is 45.0 Å². The van der Waals surface area contributed by atoms with Gasteiger partial charge in [-0.2, -0.15) is 0 Å². The van der Waals surface area contributed by atoms with Gasteiger partial charge >= 0.3 is 0 Å². The molecule has 1 aromatic heterocycles. The highest BCUT2D eigenvalue weighted by molar-refractivity contribution is 5.90. The molecule has 2 nitrogen and oxygen atoms in total. The Labute approximate surface area is 327 Å². The fourth-order valence-corrected chi connectivity index (χ4v) is 9.82. The van der Waals surface area contributed by atoms with E-state index in [4.69, 9.17) is 9.97 Å². The molecule has 0 unspecified atom stereocenters. The molecule has 2 aliphatic carbocycles. The Balaban J connectivity index is 1.29. The minimum Gasteiger partial charge on any atom is -0.228 e. The van der Waals surface area contributed by atoms with Gasteiger partial charge < -0.3 is 0 Å². The first-order valence-electron chi connectivity index (χ1n) is 19.3. The van der Waals surface area contributed by atoms with Crippen molar-refractivity contribution in [3.63, 3.8) is 0 Å². The summed E-state index contributed by atoms with van der Waals surface area (Å²) in [5, 5.41) is 0. The Bertz CT molecular complexity index is 2760. The zero-order valence-corrected chi connectivity index (χ0v) is 30.7. The van der Waals surface area contributed by atoms with Crippen molar-refractivity contribution < 1.29 is 0 Å². The van der Waals surface area contributed by atoms with Crippen molar-refractivity contribution in [2.45, 2.75) is 10.8 Å². The third-order valence-corrected chi connectivity index (χ3v) is 12.1. The molecule has 2 aliphatic rings.